The van der Waals surface area contributed by atoms with Crippen molar-refractivity contribution in [2.75, 3.05) is 30.3 Å². The number of amides is 1. The van der Waals surface area contributed by atoms with Gasteiger partial charge in [-0.2, -0.15) is 4.98 Å². The van der Waals surface area contributed by atoms with Crippen LogP contribution in [-0.4, -0.2) is 35.5 Å². The molecule has 0 atom stereocenters. The summed E-state index contributed by atoms with van der Waals surface area (Å²) in [6.07, 6.45) is 0. The largest absolute Gasteiger partial charge is 0.368 e. The van der Waals surface area contributed by atoms with E-state index in [9.17, 15) is 4.79 Å². The van der Waals surface area contributed by atoms with Gasteiger partial charge in [0.05, 0.1) is 0 Å². The minimum Gasteiger partial charge on any atom is -0.368 e. The van der Waals surface area contributed by atoms with Gasteiger partial charge in [-0.25, -0.2) is 4.98 Å². The summed E-state index contributed by atoms with van der Waals surface area (Å²) in [7, 11) is 0. The van der Waals surface area contributed by atoms with Crippen LogP contribution in [0.25, 0.3) is 0 Å². The number of anilines is 2. The molecule has 0 fully saturated rings. The number of aryl methyl sites for hydroxylation is 1. The molecule has 0 spiro atoms. The summed E-state index contributed by atoms with van der Waals surface area (Å²) < 4.78 is 0. The minimum absolute atomic E-state index is 0.0477. The summed E-state index contributed by atoms with van der Waals surface area (Å²) in [4.78, 5) is 20.3. The molecule has 0 aromatic carbocycles. The highest BCUT2D eigenvalue weighted by molar-refractivity contribution is 5.81. The van der Waals surface area contributed by atoms with Gasteiger partial charge in [0.25, 0.3) is 0 Å². The van der Waals surface area contributed by atoms with Gasteiger partial charge in [-0.1, -0.05) is 20.8 Å². The SMILES string of the molecule is CCNc1nc(C)cc(NCCNC(=O)C(C)(C)C)n1. The van der Waals surface area contributed by atoms with E-state index in [1.165, 1.54) is 0 Å². The molecule has 0 saturated heterocycles. The highest BCUT2D eigenvalue weighted by Gasteiger charge is 2.20. The molecule has 6 heteroatoms. The molecule has 0 bridgehead atoms. The number of nitrogens with one attached hydrogen (secondary N) is 3. The van der Waals surface area contributed by atoms with Gasteiger partial charge in [-0.05, 0) is 13.8 Å². The van der Waals surface area contributed by atoms with Crippen molar-refractivity contribution in [1.29, 1.82) is 0 Å². The molecule has 20 heavy (non-hydrogen) atoms. The van der Waals surface area contributed by atoms with Crippen LogP contribution < -0.4 is 16.0 Å². The Hall–Kier alpha value is -1.85. The van der Waals surface area contributed by atoms with Gasteiger partial charge in [-0.15, -0.1) is 0 Å². The highest BCUT2D eigenvalue weighted by Crippen LogP contribution is 2.12. The fourth-order valence-corrected chi connectivity index (χ4v) is 1.53. The number of carbonyl (C=O) groups is 1. The molecule has 1 aromatic heterocycles. The predicted octanol–water partition coefficient (Wildman–Crippen LogP) is 1.79. The lowest BCUT2D eigenvalue weighted by atomic mass is 9.96. The van der Waals surface area contributed by atoms with Crippen LogP contribution in [0.5, 0.6) is 0 Å². The summed E-state index contributed by atoms with van der Waals surface area (Å²) >= 11 is 0. The smallest absolute Gasteiger partial charge is 0.225 e. The summed E-state index contributed by atoms with van der Waals surface area (Å²) in [5.74, 6) is 1.43. The van der Waals surface area contributed by atoms with E-state index >= 15 is 0 Å². The van der Waals surface area contributed by atoms with E-state index in [-0.39, 0.29) is 11.3 Å². The van der Waals surface area contributed by atoms with Crippen molar-refractivity contribution in [1.82, 2.24) is 15.3 Å². The van der Waals surface area contributed by atoms with Crippen molar-refractivity contribution in [3.63, 3.8) is 0 Å². The van der Waals surface area contributed by atoms with E-state index in [0.29, 0.717) is 19.0 Å². The molecule has 0 aliphatic carbocycles. The Bertz CT molecular complexity index is 453. The van der Waals surface area contributed by atoms with Crippen LogP contribution in [0.2, 0.25) is 0 Å². The topological polar surface area (TPSA) is 78.9 Å². The number of nitrogens with zero attached hydrogens (tertiary/aromatic N) is 2. The Morgan fingerprint density at radius 2 is 1.90 bits per heavy atom. The second-order valence-corrected chi connectivity index (χ2v) is 5.68. The van der Waals surface area contributed by atoms with Gasteiger partial charge in [0, 0.05) is 36.8 Å². The van der Waals surface area contributed by atoms with Crippen LogP contribution >= 0.6 is 0 Å². The Morgan fingerprint density at radius 3 is 2.50 bits per heavy atom. The zero-order valence-corrected chi connectivity index (χ0v) is 13.0. The fourth-order valence-electron chi connectivity index (χ4n) is 1.53. The molecule has 6 nitrogen and oxygen atoms in total. The Labute approximate surface area is 120 Å². The average molecular weight is 279 g/mol. The zero-order valence-electron chi connectivity index (χ0n) is 13.0. The third kappa shape index (κ3) is 5.42. The monoisotopic (exact) mass is 279 g/mol. The van der Waals surface area contributed by atoms with Gasteiger partial charge in [0.1, 0.15) is 5.82 Å². The quantitative estimate of drug-likeness (QED) is 0.692. The summed E-state index contributed by atoms with van der Waals surface area (Å²) in [6.45, 7) is 11.6. The molecule has 0 aliphatic rings. The van der Waals surface area contributed by atoms with Crippen molar-refractivity contribution in [2.45, 2.75) is 34.6 Å². The first-order valence-corrected chi connectivity index (χ1v) is 6.94. The summed E-state index contributed by atoms with van der Waals surface area (Å²) in [5, 5.41) is 9.16. The number of rotatable bonds is 6. The molecule has 0 unspecified atom stereocenters. The molecule has 1 heterocycles. The first-order valence-electron chi connectivity index (χ1n) is 6.94. The third-order valence-corrected chi connectivity index (χ3v) is 2.59. The lowest BCUT2D eigenvalue weighted by Crippen LogP contribution is -2.37. The summed E-state index contributed by atoms with van der Waals surface area (Å²) in [6, 6.07) is 1.88. The lowest BCUT2D eigenvalue weighted by molar-refractivity contribution is -0.128. The van der Waals surface area contributed by atoms with E-state index in [1.54, 1.807) is 0 Å². The molecular formula is C14H25N5O. The van der Waals surface area contributed by atoms with Crippen LogP contribution in [0.15, 0.2) is 6.07 Å². The normalized spacial score (nSPS) is 11.1. The molecule has 3 N–H and O–H groups in total. The molecule has 0 radical (unpaired) electrons. The molecule has 1 amide bonds. The van der Waals surface area contributed by atoms with Gasteiger partial charge in [-0.3, -0.25) is 4.79 Å². The molecule has 1 rings (SSSR count). The molecule has 112 valence electrons. The first kappa shape index (κ1) is 16.2. The second-order valence-electron chi connectivity index (χ2n) is 5.68. The van der Waals surface area contributed by atoms with Gasteiger partial charge >= 0.3 is 0 Å². The van der Waals surface area contributed by atoms with Crippen LogP contribution in [0.4, 0.5) is 11.8 Å². The van der Waals surface area contributed by atoms with Crippen molar-refractivity contribution in [2.24, 2.45) is 5.41 Å². The minimum atomic E-state index is -0.357. The van der Waals surface area contributed by atoms with Crippen LogP contribution in [0.3, 0.4) is 0 Å². The predicted molar refractivity (Wildman–Crippen MR) is 81.9 cm³/mol. The maximum absolute atomic E-state index is 11.7. The maximum Gasteiger partial charge on any atom is 0.225 e. The van der Waals surface area contributed by atoms with Crippen molar-refractivity contribution in [3.05, 3.63) is 11.8 Å². The third-order valence-electron chi connectivity index (χ3n) is 2.59. The number of aromatic nitrogens is 2. The molecule has 0 aliphatic heterocycles. The number of carbonyl (C=O) groups excluding carboxylic acids is 1. The Balaban J connectivity index is 2.44. The summed E-state index contributed by atoms with van der Waals surface area (Å²) in [5.41, 5.74) is 0.543. The highest BCUT2D eigenvalue weighted by atomic mass is 16.2. The van der Waals surface area contributed by atoms with Gasteiger partial charge < -0.3 is 16.0 Å². The van der Waals surface area contributed by atoms with E-state index in [0.717, 1.165) is 18.1 Å². The van der Waals surface area contributed by atoms with Gasteiger partial charge in [0.15, 0.2) is 0 Å². The Kier molecular flexibility index (Phi) is 5.73. The Morgan fingerprint density at radius 1 is 1.20 bits per heavy atom. The molecule has 1 aromatic rings. The maximum atomic E-state index is 11.7. The van der Waals surface area contributed by atoms with E-state index in [4.69, 9.17) is 0 Å². The molecular weight excluding hydrogens is 254 g/mol. The van der Waals surface area contributed by atoms with Crippen LogP contribution in [0, 0.1) is 12.3 Å². The van der Waals surface area contributed by atoms with Crippen molar-refractivity contribution >= 4 is 17.7 Å². The zero-order chi connectivity index (χ0) is 15.2. The van der Waals surface area contributed by atoms with Crippen molar-refractivity contribution < 1.29 is 4.79 Å². The number of hydrogen-bond donors (Lipinski definition) is 3. The standard InChI is InChI=1S/C14H25N5O/c1-6-15-13-18-10(2)9-11(19-13)16-7-8-17-12(20)14(3,4)5/h9H,6-8H2,1-5H3,(H,17,20)(H2,15,16,18,19). The van der Waals surface area contributed by atoms with E-state index < -0.39 is 0 Å². The average Bonchev–Trinajstić information content (AvgIpc) is 2.33. The molecule has 0 saturated carbocycles. The van der Waals surface area contributed by atoms with Crippen LogP contribution in [-0.2, 0) is 4.79 Å². The number of hydrogen-bond acceptors (Lipinski definition) is 5. The lowest BCUT2D eigenvalue weighted by Gasteiger charge is -2.17. The van der Waals surface area contributed by atoms with E-state index in [1.807, 2.05) is 40.7 Å². The van der Waals surface area contributed by atoms with Gasteiger partial charge in [0.2, 0.25) is 11.9 Å². The fraction of sp³-hybridized carbons (Fsp3) is 0.643. The van der Waals surface area contributed by atoms with Crippen LogP contribution in [0.1, 0.15) is 33.4 Å². The van der Waals surface area contributed by atoms with E-state index in [2.05, 4.69) is 25.9 Å². The second kappa shape index (κ2) is 7.07. The first-order chi connectivity index (χ1) is 9.32. The van der Waals surface area contributed by atoms with Crippen molar-refractivity contribution in [3.8, 4) is 0 Å².